The SMILES string of the molecule is NC(=O)CCC1N=C(N=C(N)N)NC1=O. The Balaban J connectivity index is 2.59. The highest BCUT2D eigenvalue weighted by Crippen LogP contribution is 2.07. The third-order valence-electron chi connectivity index (χ3n) is 1.71. The highest BCUT2D eigenvalue weighted by Gasteiger charge is 2.26. The van der Waals surface area contributed by atoms with Gasteiger partial charge in [-0.15, -0.1) is 0 Å². The molecule has 8 heteroatoms. The van der Waals surface area contributed by atoms with E-state index in [1.54, 1.807) is 0 Å². The van der Waals surface area contributed by atoms with Crippen LogP contribution in [0.15, 0.2) is 9.98 Å². The van der Waals surface area contributed by atoms with Gasteiger partial charge in [-0.1, -0.05) is 0 Å². The number of aliphatic imine (C=N–C) groups is 2. The fourth-order valence-corrected chi connectivity index (χ4v) is 1.09. The third-order valence-corrected chi connectivity index (χ3v) is 1.71. The summed E-state index contributed by atoms with van der Waals surface area (Å²) in [5, 5.41) is 2.37. The van der Waals surface area contributed by atoms with Crippen LogP contribution in [-0.4, -0.2) is 29.8 Å². The average molecular weight is 212 g/mol. The van der Waals surface area contributed by atoms with E-state index in [9.17, 15) is 9.59 Å². The van der Waals surface area contributed by atoms with Crippen molar-refractivity contribution in [2.24, 2.45) is 27.2 Å². The number of nitrogens with zero attached hydrogens (tertiary/aromatic N) is 2. The Labute approximate surface area is 85.6 Å². The first-order valence-corrected chi connectivity index (χ1v) is 4.25. The van der Waals surface area contributed by atoms with Gasteiger partial charge in [0.1, 0.15) is 6.04 Å². The zero-order chi connectivity index (χ0) is 11.4. The van der Waals surface area contributed by atoms with Gasteiger partial charge < -0.3 is 17.2 Å². The molecule has 0 saturated carbocycles. The highest BCUT2D eigenvalue weighted by atomic mass is 16.2. The van der Waals surface area contributed by atoms with Crippen molar-refractivity contribution in [3.8, 4) is 0 Å². The number of carbonyl (C=O) groups excluding carboxylic acids is 2. The summed E-state index contributed by atoms with van der Waals surface area (Å²) in [5.41, 5.74) is 15.2. The predicted octanol–water partition coefficient (Wildman–Crippen LogP) is -2.62. The molecule has 7 N–H and O–H groups in total. The van der Waals surface area contributed by atoms with Crippen molar-refractivity contribution in [1.29, 1.82) is 0 Å². The highest BCUT2D eigenvalue weighted by molar-refractivity contribution is 6.08. The van der Waals surface area contributed by atoms with E-state index in [4.69, 9.17) is 17.2 Å². The van der Waals surface area contributed by atoms with Crippen molar-refractivity contribution in [3.63, 3.8) is 0 Å². The summed E-state index contributed by atoms with van der Waals surface area (Å²) in [6.07, 6.45) is 0.349. The molecule has 0 aromatic heterocycles. The lowest BCUT2D eigenvalue weighted by Gasteiger charge is -2.00. The summed E-state index contributed by atoms with van der Waals surface area (Å²) in [6, 6.07) is -0.643. The van der Waals surface area contributed by atoms with Crippen LogP contribution in [0.5, 0.6) is 0 Å². The maximum absolute atomic E-state index is 11.3. The number of hydrogen-bond donors (Lipinski definition) is 4. The summed E-state index contributed by atoms with van der Waals surface area (Å²) in [6.45, 7) is 0. The quantitative estimate of drug-likeness (QED) is 0.299. The molecule has 1 aliphatic rings. The molecule has 8 nitrogen and oxygen atoms in total. The van der Waals surface area contributed by atoms with Crippen molar-refractivity contribution in [2.75, 3.05) is 0 Å². The van der Waals surface area contributed by atoms with E-state index in [0.29, 0.717) is 0 Å². The van der Waals surface area contributed by atoms with Gasteiger partial charge >= 0.3 is 0 Å². The molecular weight excluding hydrogens is 200 g/mol. The molecule has 0 aliphatic carbocycles. The molecule has 0 fully saturated rings. The number of amides is 2. The van der Waals surface area contributed by atoms with Crippen molar-refractivity contribution in [2.45, 2.75) is 18.9 Å². The third kappa shape index (κ3) is 3.25. The zero-order valence-electron chi connectivity index (χ0n) is 7.93. The lowest BCUT2D eigenvalue weighted by atomic mass is 10.1. The van der Waals surface area contributed by atoms with E-state index in [2.05, 4.69) is 15.3 Å². The molecule has 1 atom stereocenters. The standard InChI is InChI=1S/C7H12N6O2/c8-4(14)2-1-3-5(15)12-7(11-3)13-6(9)10/h3H,1-2H2,(H2,8,14)(H5,9,10,11,12,13,15). The first-order valence-electron chi connectivity index (χ1n) is 4.25. The molecule has 2 amide bonds. The van der Waals surface area contributed by atoms with Gasteiger partial charge in [0.15, 0.2) is 5.96 Å². The van der Waals surface area contributed by atoms with Crippen LogP contribution >= 0.6 is 0 Å². The fraction of sp³-hybridized carbons (Fsp3) is 0.429. The number of nitrogens with two attached hydrogens (primary N) is 3. The topological polar surface area (TPSA) is 149 Å². The molecule has 0 spiro atoms. The van der Waals surface area contributed by atoms with Crippen LogP contribution in [0.4, 0.5) is 0 Å². The van der Waals surface area contributed by atoms with Crippen LogP contribution in [0.25, 0.3) is 0 Å². The Bertz CT molecular complexity index is 343. The average Bonchev–Trinajstić information content (AvgIpc) is 2.41. The van der Waals surface area contributed by atoms with E-state index < -0.39 is 11.9 Å². The van der Waals surface area contributed by atoms with Gasteiger partial charge in [-0.25, -0.2) is 4.99 Å². The van der Waals surface area contributed by atoms with Crippen LogP contribution in [0, 0.1) is 0 Å². The Morgan fingerprint density at radius 3 is 2.67 bits per heavy atom. The minimum atomic E-state index is -0.643. The van der Waals surface area contributed by atoms with Gasteiger partial charge in [-0.05, 0) is 6.42 Å². The van der Waals surface area contributed by atoms with Crippen LogP contribution in [0.3, 0.4) is 0 Å². The second-order valence-corrected chi connectivity index (χ2v) is 3.00. The number of hydrogen-bond acceptors (Lipinski definition) is 4. The maximum atomic E-state index is 11.3. The van der Waals surface area contributed by atoms with Gasteiger partial charge in [-0.2, -0.15) is 4.99 Å². The Morgan fingerprint density at radius 2 is 2.13 bits per heavy atom. The molecule has 0 aromatic carbocycles. The van der Waals surface area contributed by atoms with E-state index in [-0.39, 0.29) is 30.7 Å². The molecule has 1 unspecified atom stereocenters. The molecule has 0 saturated heterocycles. The number of nitrogens with one attached hydrogen (secondary N) is 1. The molecule has 82 valence electrons. The second kappa shape index (κ2) is 4.40. The molecule has 0 bridgehead atoms. The van der Waals surface area contributed by atoms with Crippen molar-refractivity contribution < 1.29 is 9.59 Å². The van der Waals surface area contributed by atoms with E-state index in [1.807, 2.05) is 0 Å². The number of primary amides is 1. The Hall–Kier alpha value is -2.12. The largest absolute Gasteiger partial charge is 0.370 e. The molecule has 0 radical (unpaired) electrons. The predicted molar refractivity (Wildman–Crippen MR) is 53.6 cm³/mol. The second-order valence-electron chi connectivity index (χ2n) is 3.00. The lowest BCUT2D eigenvalue weighted by molar-refractivity contribution is -0.120. The molecular formula is C7H12N6O2. The number of rotatable bonds is 3. The summed E-state index contributed by atoms with van der Waals surface area (Å²) >= 11 is 0. The summed E-state index contributed by atoms with van der Waals surface area (Å²) in [4.78, 5) is 29.2. The first-order chi connectivity index (χ1) is 6.99. The summed E-state index contributed by atoms with van der Waals surface area (Å²) in [7, 11) is 0. The molecule has 0 aromatic rings. The minimum Gasteiger partial charge on any atom is -0.370 e. The lowest BCUT2D eigenvalue weighted by Crippen LogP contribution is -2.31. The van der Waals surface area contributed by atoms with Gasteiger partial charge in [0, 0.05) is 6.42 Å². The monoisotopic (exact) mass is 212 g/mol. The van der Waals surface area contributed by atoms with Crippen molar-refractivity contribution in [1.82, 2.24) is 5.32 Å². The van der Waals surface area contributed by atoms with Gasteiger partial charge in [-0.3, -0.25) is 14.9 Å². The zero-order valence-corrected chi connectivity index (χ0v) is 7.93. The smallest absolute Gasteiger partial charge is 0.251 e. The van der Waals surface area contributed by atoms with Crippen molar-refractivity contribution >= 4 is 23.7 Å². The molecule has 1 rings (SSSR count). The maximum Gasteiger partial charge on any atom is 0.251 e. The summed E-state index contributed by atoms with van der Waals surface area (Å²) in [5.74, 6) is -0.941. The van der Waals surface area contributed by atoms with Crippen LogP contribution < -0.4 is 22.5 Å². The van der Waals surface area contributed by atoms with Gasteiger partial charge in [0.05, 0.1) is 0 Å². The van der Waals surface area contributed by atoms with E-state index >= 15 is 0 Å². The summed E-state index contributed by atoms with van der Waals surface area (Å²) < 4.78 is 0. The Kier molecular flexibility index (Phi) is 3.21. The number of guanidine groups is 2. The first kappa shape index (κ1) is 11.0. The molecule has 1 heterocycles. The van der Waals surface area contributed by atoms with Crippen molar-refractivity contribution in [3.05, 3.63) is 0 Å². The number of carbonyl (C=O) groups is 2. The van der Waals surface area contributed by atoms with Crippen LogP contribution in [-0.2, 0) is 9.59 Å². The normalized spacial score (nSPS) is 19.3. The van der Waals surface area contributed by atoms with Crippen LogP contribution in [0.1, 0.15) is 12.8 Å². The van der Waals surface area contributed by atoms with Gasteiger partial charge in [0.2, 0.25) is 11.9 Å². The van der Waals surface area contributed by atoms with E-state index in [0.717, 1.165) is 0 Å². The Morgan fingerprint density at radius 1 is 1.47 bits per heavy atom. The minimum absolute atomic E-state index is 0.0643. The molecule has 1 aliphatic heterocycles. The molecule has 15 heavy (non-hydrogen) atoms. The van der Waals surface area contributed by atoms with Crippen LogP contribution in [0.2, 0.25) is 0 Å². The van der Waals surface area contributed by atoms with E-state index in [1.165, 1.54) is 0 Å². The fourth-order valence-electron chi connectivity index (χ4n) is 1.09. The van der Waals surface area contributed by atoms with Gasteiger partial charge in [0.25, 0.3) is 5.91 Å².